The molecule has 0 bridgehead atoms. The van der Waals surface area contributed by atoms with Gasteiger partial charge in [0.15, 0.2) is 0 Å². The quantitative estimate of drug-likeness (QED) is 0.748. The van der Waals surface area contributed by atoms with Gasteiger partial charge < -0.3 is 10.6 Å². The molecule has 0 aromatic carbocycles. The molecule has 1 aliphatic carbocycles. The van der Waals surface area contributed by atoms with E-state index in [2.05, 4.69) is 17.6 Å². The van der Waals surface area contributed by atoms with E-state index in [4.69, 9.17) is 0 Å². The second-order valence-corrected chi connectivity index (χ2v) is 5.30. The summed E-state index contributed by atoms with van der Waals surface area (Å²) in [7, 11) is 0. The van der Waals surface area contributed by atoms with E-state index in [0.717, 1.165) is 25.3 Å². The van der Waals surface area contributed by atoms with Crippen molar-refractivity contribution in [1.82, 2.24) is 10.6 Å². The van der Waals surface area contributed by atoms with E-state index >= 15 is 0 Å². The molecule has 2 fully saturated rings. The Bertz CT molecular complexity index is 232. The van der Waals surface area contributed by atoms with E-state index in [1.165, 1.54) is 32.1 Å². The molecule has 1 aliphatic heterocycles. The van der Waals surface area contributed by atoms with Crippen LogP contribution in [0.25, 0.3) is 0 Å². The van der Waals surface area contributed by atoms with Gasteiger partial charge >= 0.3 is 0 Å². The normalized spacial score (nSPS) is 27.4. The van der Waals surface area contributed by atoms with Crippen molar-refractivity contribution in [1.29, 1.82) is 0 Å². The summed E-state index contributed by atoms with van der Waals surface area (Å²) < 4.78 is 0. The molecule has 2 N–H and O–H groups in total. The molecule has 2 atom stereocenters. The summed E-state index contributed by atoms with van der Waals surface area (Å²) in [5.41, 5.74) is 0. The molecular formula is C13H24N2O. The summed E-state index contributed by atoms with van der Waals surface area (Å²) in [5, 5.41) is 6.51. The lowest BCUT2D eigenvalue weighted by molar-refractivity contribution is -0.124. The van der Waals surface area contributed by atoms with E-state index in [-0.39, 0.29) is 11.9 Å². The Morgan fingerprint density at radius 3 is 2.75 bits per heavy atom. The minimum Gasteiger partial charge on any atom is -0.352 e. The Morgan fingerprint density at radius 2 is 2.19 bits per heavy atom. The largest absolute Gasteiger partial charge is 0.352 e. The van der Waals surface area contributed by atoms with Crippen molar-refractivity contribution in [3.8, 4) is 0 Å². The predicted octanol–water partition coefficient (Wildman–Crippen LogP) is 1.82. The first-order chi connectivity index (χ1) is 7.79. The maximum absolute atomic E-state index is 12.0. The third kappa shape index (κ3) is 3.48. The lowest BCUT2D eigenvalue weighted by Gasteiger charge is -2.25. The average Bonchev–Trinajstić information content (AvgIpc) is 3.13. The van der Waals surface area contributed by atoms with Crippen LogP contribution in [0.2, 0.25) is 0 Å². The summed E-state index contributed by atoms with van der Waals surface area (Å²) in [4.78, 5) is 12.0. The van der Waals surface area contributed by atoms with Gasteiger partial charge in [-0.2, -0.15) is 0 Å². The smallest absolute Gasteiger partial charge is 0.237 e. The van der Waals surface area contributed by atoms with Gasteiger partial charge in [-0.25, -0.2) is 0 Å². The Morgan fingerprint density at radius 1 is 1.38 bits per heavy atom. The molecular weight excluding hydrogens is 200 g/mol. The Balaban J connectivity index is 1.74. The Kier molecular flexibility index (Phi) is 4.22. The number of piperidine rings is 1. The fraction of sp³-hybridized carbons (Fsp3) is 0.923. The summed E-state index contributed by atoms with van der Waals surface area (Å²) in [5.74, 6) is 1.12. The number of nitrogens with one attached hydrogen (secondary N) is 2. The van der Waals surface area contributed by atoms with E-state index in [1.54, 1.807) is 0 Å². The van der Waals surface area contributed by atoms with Gasteiger partial charge in [-0.1, -0.05) is 26.2 Å². The number of hydrogen-bond acceptors (Lipinski definition) is 2. The monoisotopic (exact) mass is 224 g/mol. The van der Waals surface area contributed by atoms with E-state index < -0.39 is 0 Å². The topological polar surface area (TPSA) is 41.1 Å². The zero-order chi connectivity index (χ0) is 11.4. The van der Waals surface area contributed by atoms with Gasteiger partial charge in [0.05, 0.1) is 6.04 Å². The van der Waals surface area contributed by atoms with Gasteiger partial charge in [-0.3, -0.25) is 4.79 Å². The average molecular weight is 224 g/mol. The maximum Gasteiger partial charge on any atom is 0.237 e. The van der Waals surface area contributed by atoms with Crippen molar-refractivity contribution in [3.63, 3.8) is 0 Å². The number of carbonyl (C=O) groups is 1. The van der Waals surface area contributed by atoms with Crippen LogP contribution < -0.4 is 10.6 Å². The second kappa shape index (κ2) is 5.67. The summed E-state index contributed by atoms with van der Waals surface area (Å²) in [6.07, 6.45) is 8.39. The molecule has 0 radical (unpaired) electrons. The highest BCUT2D eigenvalue weighted by Crippen LogP contribution is 2.34. The van der Waals surface area contributed by atoms with E-state index in [0.29, 0.717) is 6.04 Å². The molecule has 1 amide bonds. The van der Waals surface area contributed by atoms with Gasteiger partial charge in [-0.15, -0.1) is 0 Å². The fourth-order valence-electron chi connectivity index (χ4n) is 2.46. The zero-order valence-electron chi connectivity index (χ0n) is 10.3. The molecule has 1 saturated carbocycles. The Labute approximate surface area is 98.4 Å². The molecule has 16 heavy (non-hydrogen) atoms. The molecule has 0 spiro atoms. The van der Waals surface area contributed by atoms with Gasteiger partial charge in [0.2, 0.25) is 5.91 Å². The molecule has 2 rings (SSSR count). The van der Waals surface area contributed by atoms with Crippen LogP contribution in [-0.4, -0.2) is 24.5 Å². The van der Waals surface area contributed by atoms with Crippen LogP contribution in [0.5, 0.6) is 0 Å². The van der Waals surface area contributed by atoms with Crippen LogP contribution >= 0.6 is 0 Å². The van der Waals surface area contributed by atoms with Crippen LogP contribution in [0.3, 0.4) is 0 Å². The number of carbonyl (C=O) groups excluding carboxylic acids is 1. The van der Waals surface area contributed by atoms with Crippen LogP contribution in [0.15, 0.2) is 0 Å². The van der Waals surface area contributed by atoms with E-state index in [1.807, 2.05) is 0 Å². The molecule has 0 aromatic rings. The van der Waals surface area contributed by atoms with E-state index in [9.17, 15) is 4.79 Å². The van der Waals surface area contributed by atoms with Crippen molar-refractivity contribution in [3.05, 3.63) is 0 Å². The molecule has 1 saturated heterocycles. The number of rotatable bonds is 5. The highest BCUT2D eigenvalue weighted by Gasteiger charge is 2.27. The van der Waals surface area contributed by atoms with Crippen LogP contribution in [0.4, 0.5) is 0 Å². The second-order valence-electron chi connectivity index (χ2n) is 5.30. The summed E-state index contributed by atoms with van der Waals surface area (Å²) in [6.45, 7) is 3.17. The Hall–Kier alpha value is -0.570. The van der Waals surface area contributed by atoms with Crippen LogP contribution in [0, 0.1) is 5.92 Å². The summed E-state index contributed by atoms with van der Waals surface area (Å²) in [6, 6.07) is 0.478. The standard InChI is InChI=1S/C13H24N2O/c1-2-11(9-10-6-7-10)15-13(16)12-5-3-4-8-14-12/h10-12,14H,2-9H2,1H3,(H,15,16). The van der Waals surface area contributed by atoms with Crippen molar-refractivity contribution in [2.75, 3.05) is 6.54 Å². The lowest BCUT2D eigenvalue weighted by Crippen LogP contribution is -2.49. The molecule has 3 nitrogen and oxygen atoms in total. The minimum atomic E-state index is 0.0713. The van der Waals surface area contributed by atoms with Crippen molar-refractivity contribution in [2.24, 2.45) is 5.92 Å². The molecule has 1 heterocycles. The fourth-order valence-corrected chi connectivity index (χ4v) is 2.46. The first-order valence-electron chi connectivity index (χ1n) is 6.83. The molecule has 2 aliphatic rings. The van der Waals surface area contributed by atoms with Gasteiger partial charge in [0.25, 0.3) is 0 Å². The zero-order valence-corrected chi connectivity index (χ0v) is 10.3. The van der Waals surface area contributed by atoms with Crippen molar-refractivity contribution >= 4 is 5.91 Å². The third-order valence-corrected chi connectivity index (χ3v) is 3.78. The highest BCUT2D eigenvalue weighted by atomic mass is 16.2. The molecule has 92 valence electrons. The number of hydrogen-bond donors (Lipinski definition) is 2. The SMILES string of the molecule is CCC(CC1CC1)NC(=O)C1CCCCN1. The highest BCUT2D eigenvalue weighted by molar-refractivity contribution is 5.82. The number of amides is 1. The summed E-state index contributed by atoms with van der Waals surface area (Å²) >= 11 is 0. The third-order valence-electron chi connectivity index (χ3n) is 3.78. The lowest BCUT2D eigenvalue weighted by atomic mass is 10.0. The first kappa shape index (κ1) is 11.9. The van der Waals surface area contributed by atoms with Crippen LogP contribution in [-0.2, 0) is 4.79 Å². The predicted molar refractivity (Wildman–Crippen MR) is 65.2 cm³/mol. The van der Waals surface area contributed by atoms with Crippen molar-refractivity contribution in [2.45, 2.75) is 64.0 Å². The van der Waals surface area contributed by atoms with Crippen molar-refractivity contribution < 1.29 is 4.79 Å². The minimum absolute atomic E-state index is 0.0713. The molecule has 2 unspecified atom stereocenters. The maximum atomic E-state index is 12.0. The van der Waals surface area contributed by atoms with Crippen LogP contribution in [0.1, 0.15) is 51.9 Å². The molecule has 3 heteroatoms. The van der Waals surface area contributed by atoms with Gasteiger partial charge in [-0.05, 0) is 38.1 Å². The van der Waals surface area contributed by atoms with Gasteiger partial charge in [0, 0.05) is 6.04 Å². The molecule has 0 aromatic heterocycles. The first-order valence-corrected chi connectivity index (χ1v) is 6.83. The van der Waals surface area contributed by atoms with Gasteiger partial charge in [0.1, 0.15) is 0 Å².